The average molecular weight is 418 g/mol. The Morgan fingerprint density at radius 1 is 1.10 bits per heavy atom. The lowest BCUT2D eigenvalue weighted by atomic mass is 10.1. The van der Waals surface area contributed by atoms with E-state index >= 15 is 0 Å². The van der Waals surface area contributed by atoms with Crippen molar-refractivity contribution < 1.29 is 22.7 Å². The highest BCUT2D eigenvalue weighted by atomic mass is 32.2. The van der Waals surface area contributed by atoms with Crippen LogP contribution in [-0.4, -0.2) is 50.5 Å². The van der Waals surface area contributed by atoms with E-state index in [1.165, 1.54) is 14.2 Å². The molecule has 9 nitrogen and oxygen atoms in total. The predicted octanol–water partition coefficient (Wildman–Crippen LogP) is 1.45. The first-order valence-electron chi connectivity index (χ1n) is 8.82. The summed E-state index contributed by atoms with van der Waals surface area (Å²) in [5, 5.41) is 6.68. The molecule has 0 aliphatic rings. The molecule has 0 bridgehead atoms. The first-order chi connectivity index (χ1) is 13.9. The molecule has 29 heavy (non-hydrogen) atoms. The van der Waals surface area contributed by atoms with Gasteiger partial charge in [0, 0.05) is 18.9 Å². The van der Waals surface area contributed by atoms with Gasteiger partial charge in [-0.15, -0.1) is 0 Å². The molecule has 2 aromatic heterocycles. The van der Waals surface area contributed by atoms with Crippen LogP contribution in [0.4, 0.5) is 5.69 Å². The van der Waals surface area contributed by atoms with Crippen LogP contribution in [0.25, 0.3) is 5.52 Å². The van der Waals surface area contributed by atoms with Gasteiger partial charge < -0.3 is 14.8 Å². The van der Waals surface area contributed by atoms with Crippen molar-refractivity contribution in [3.63, 3.8) is 0 Å². The number of hydrogen-bond acceptors (Lipinski definition) is 6. The number of methoxy groups -OCH3 is 2. The molecule has 0 aliphatic heterocycles. The van der Waals surface area contributed by atoms with Crippen LogP contribution in [-0.2, 0) is 21.2 Å². The summed E-state index contributed by atoms with van der Waals surface area (Å²) in [7, 11) is -0.553. The number of ether oxygens (including phenoxy) is 2. The minimum Gasteiger partial charge on any atom is -0.493 e. The largest absolute Gasteiger partial charge is 0.493 e. The molecule has 2 heterocycles. The van der Waals surface area contributed by atoms with Crippen molar-refractivity contribution in [2.24, 2.45) is 0 Å². The van der Waals surface area contributed by atoms with Gasteiger partial charge in [-0.2, -0.15) is 5.10 Å². The number of benzene rings is 1. The summed E-state index contributed by atoms with van der Waals surface area (Å²) >= 11 is 0. The molecule has 3 rings (SSSR count). The van der Waals surface area contributed by atoms with Crippen molar-refractivity contribution in [2.45, 2.75) is 6.42 Å². The standard InChI is InChI=1S/C19H22N4O5S/c1-27-17-4-3-14(11-18(17)28-2)12-19(24)20-8-10-29(25,26)22-15-6-9-23-16(13-15)5-7-21-23/h3-7,9,11,13,22H,8,10,12H2,1-2H3,(H,20,24). The minimum atomic E-state index is -3.61. The SMILES string of the molecule is COc1ccc(CC(=O)NCCS(=O)(=O)Nc2ccn3nccc3c2)cc1OC. The molecule has 0 atom stereocenters. The van der Waals surface area contributed by atoms with Crippen LogP contribution in [0.1, 0.15) is 5.56 Å². The topological polar surface area (TPSA) is 111 Å². The van der Waals surface area contributed by atoms with Crippen molar-refractivity contribution >= 4 is 27.1 Å². The van der Waals surface area contributed by atoms with Gasteiger partial charge in [-0.1, -0.05) is 6.07 Å². The number of nitrogens with one attached hydrogen (secondary N) is 2. The summed E-state index contributed by atoms with van der Waals surface area (Å²) in [4.78, 5) is 12.1. The maximum absolute atomic E-state index is 12.3. The minimum absolute atomic E-state index is 0.00359. The Morgan fingerprint density at radius 2 is 1.90 bits per heavy atom. The molecule has 0 saturated carbocycles. The van der Waals surface area contributed by atoms with Crippen molar-refractivity contribution in [3.8, 4) is 11.5 Å². The smallest absolute Gasteiger partial charge is 0.234 e. The molecule has 1 amide bonds. The van der Waals surface area contributed by atoms with Crippen LogP contribution in [0.15, 0.2) is 48.8 Å². The number of nitrogens with zero attached hydrogens (tertiary/aromatic N) is 2. The van der Waals surface area contributed by atoms with Gasteiger partial charge in [0.1, 0.15) is 0 Å². The number of sulfonamides is 1. The lowest BCUT2D eigenvalue weighted by molar-refractivity contribution is -0.120. The van der Waals surface area contributed by atoms with E-state index < -0.39 is 10.0 Å². The lowest BCUT2D eigenvalue weighted by Gasteiger charge is -2.11. The highest BCUT2D eigenvalue weighted by molar-refractivity contribution is 7.92. The van der Waals surface area contributed by atoms with E-state index in [-0.39, 0.29) is 24.6 Å². The van der Waals surface area contributed by atoms with Gasteiger partial charge in [-0.05, 0) is 35.9 Å². The number of anilines is 1. The number of aromatic nitrogens is 2. The van der Waals surface area contributed by atoms with Gasteiger partial charge in [0.05, 0.1) is 37.6 Å². The highest BCUT2D eigenvalue weighted by Gasteiger charge is 2.13. The molecule has 0 aliphatic carbocycles. The highest BCUT2D eigenvalue weighted by Crippen LogP contribution is 2.27. The fourth-order valence-corrected chi connectivity index (χ4v) is 3.74. The second-order valence-electron chi connectivity index (χ2n) is 6.25. The fourth-order valence-electron chi connectivity index (χ4n) is 2.78. The maximum Gasteiger partial charge on any atom is 0.234 e. The molecule has 3 aromatic rings. The average Bonchev–Trinajstić information content (AvgIpc) is 3.15. The Kier molecular flexibility index (Phi) is 6.23. The third-order valence-electron chi connectivity index (χ3n) is 4.18. The van der Waals surface area contributed by atoms with E-state index in [2.05, 4.69) is 15.1 Å². The predicted molar refractivity (Wildman–Crippen MR) is 109 cm³/mol. The molecule has 154 valence electrons. The summed E-state index contributed by atoms with van der Waals surface area (Å²) in [5.41, 5.74) is 1.94. The van der Waals surface area contributed by atoms with Crippen molar-refractivity contribution in [1.29, 1.82) is 0 Å². The molecule has 0 fully saturated rings. The zero-order valence-electron chi connectivity index (χ0n) is 16.1. The molecule has 0 spiro atoms. The van der Waals surface area contributed by atoms with Crippen molar-refractivity contribution in [2.75, 3.05) is 31.2 Å². The zero-order chi connectivity index (χ0) is 20.9. The number of pyridine rings is 1. The maximum atomic E-state index is 12.3. The number of fused-ring (bicyclic) bond motifs is 1. The van der Waals surface area contributed by atoms with Gasteiger partial charge in [0.2, 0.25) is 15.9 Å². The number of rotatable bonds is 9. The van der Waals surface area contributed by atoms with Crippen LogP contribution >= 0.6 is 0 Å². The summed E-state index contributed by atoms with van der Waals surface area (Å²) in [6.45, 7) is -0.00359. The lowest BCUT2D eigenvalue weighted by Crippen LogP contribution is -2.32. The number of carbonyl (C=O) groups is 1. The van der Waals surface area contributed by atoms with E-state index in [4.69, 9.17) is 9.47 Å². The molecule has 0 radical (unpaired) electrons. The van der Waals surface area contributed by atoms with Gasteiger partial charge >= 0.3 is 0 Å². The first kappa shape index (κ1) is 20.5. The second-order valence-corrected chi connectivity index (χ2v) is 8.09. The number of hydrogen-bond donors (Lipinski definition) is 2. The van der Waals surface area contributed by atoms with Crippen molar-refractivity contribution in [3.05, 3.63) is 54.4 Å². The molecular weight excluding hydrogens is 396 g/mol. The zero-order valence-corrected chi connectivity index (χ0v) is 16.9. The van der Waals surface area contributed by atoms with E-state index in [1.54, 1.807) is 53.3 Å². The van der Waals surface area contributed by atoms with E-state index in [9.17, 15) is 13.2 Å². The third kappa shape index (κ3) is 5.38. The van der Waals surface area contributed by atoms with Crippen LogP contribution in [0.5, 0.6) is 11.5 Å². The number of carbonyl (C=O) groups excluding carboxylic acids is 1. The van der Waals surface area contributed by atoms with Gasteiger partial charge in [0.25, 0.3) is 0 Å². The summed E-state index contributed by atoms with van der Waals surface area (Å²) in [6.07, 6.45) is 3.39. The van der Waals surface area contributed by atoms with Crippen LogP contribution in [0.3, 0.4) is 0 Å². The normalized spacial score (nSPS) is 11.2. The van der Waals surface area contributed by atoms with Gasteiger partial charge in [-0.25, -0.2) is 12.9 Å². The Hall–Kier alpha value is -3.27. The van der Waals surface area contributed by atoms with E-state index in [0.29, 0.717) is 17.2 Å². The molecule has 2 N–H and O–H groups in total. The summed E-state index contributed by atoms with van der Waals surface area (Å²) < 4.78 is 39.0. The second kappa shape index (κ2) is 8.82. The molecule has 10 heteroatoms. The fraction of sp³-hybridized carbons (Fsp3) is 0.263. The summed E-state index contributed by atoms with van der Waals surface area (Å²) in [5.74, 6) is 0.575. The Bertz CT molecular complexity index is 1110. The molecular formula is C19H22N4O5S. The van der Waals surface area contributed by atoms with Crippen molar-refractivity contribution in [1.82, 2.24) is 14.9 Å². The number of amides is 1. The van der Waals surface area contributed by atoms with Crippen LogP contribution < -0.4 is 19.5 Å². The Morgan fingerprint density at radius 3 is 2.66 bits per heavy atom. The quantitative estimate of drug-likeness (QED) is 0.544. The Labute approximate surface area is 168 Å². The van der Waals surface area contributed by atoms with Gasteiger partial charge in [-0.3, -0.25) is 9.52 Å². The van der Waals surface area contributed by atoms with E-state index in [0.717, 1.165) is 11.1 Å². The van der Waals surface area contributed by atoms with E-state index in [1.807, 2.05) is 0 Å². The first-order valence-corrected chi connectivity index (χ1v) is 10.5. The van der Waals surface area contributed by atoms with Crippen LogP contribution in [0, 0.1) is 0 Å². The molecule has 1 aromatic carbocycles. The molecule has 0 saturated heterocycles. The van der Waals surface area contributed by atoms with Gasteiger partial charge in [0.15, 0.2) is 11.5 Å². The monoisotopic (exact) mass is 418 g/mol. The van der Waals surface area contributed by atoms with Crippen LogP contribution in [0.2, 0.25) is 0 Å². The third-order valence-corrected chi connectivity index (χ3v) is 5.47. The Balaban J connectivity index is 1.51. The summed E-state index contributed by atoms with van der Waals surface area (Å²) in [6, 6.07) is 10.3. The molecule has 0 unspecified atom stereocenters.